The van der Waals surface area contributed by atoms with Crippen molar-refractivity contribution < 1.29 is 22.7 Å². The van der Waals surface area contributed by atoms with Gasteiger partial charge in [-0.25, -0.2) is 12.8 Å². The van der Waals surface area contributed by atoms with Crippen molar-refractivity contribution in [2.75, 3.05) is 5.32 Å². The molecule has 2 N–H and O–H groups in total. The Morgan fingerprint density at radius 2 is 2.12 bits per heavy atom. The number of anilines is 1. The number of carboxylic acid groups (broad SMARTS) is 1. The number of fused-ring (bicyclic) bond motifs is 1. The first-order chi connectivity index (χ1) is 7.84. The van der Waals surface area contributed by atoms with Crippen LogP contribution in [-0.4, -0.2) is 30.8 Å². The molecule has 5 nitrogen and oxygen atoms in total. The fourth-order valence-corrected chi connectivity index (χ4v) is 3.78. The number of hydrogen-bond donors (Lipinski definition) is 2. The molecular formula is C10H10FNO4S. The zero-order valence-electron chi connectivity index (χ0n) is 8.84. The van der Waals surface area contributed by atoms with Gasteiger partial charge in [0.2, 0.25) is 0 Å². The smallest absolute Gasteiger partial charge is 0.324 e. The third-order valence-electron chi connectivity index (χ3n) is 2.67. The quantitative estimate of drug-likeness (QED) is 0.781. The third-order valence-corrected chi connectivity index (χ3v) is 4.89. The second-order valence-electron chi connectivity index (χ2n) is 3.88. The normalized spacial score (nSPS) is 25.8. The van der Waals surface area contributed by atoms with Crippen molar-refractivity contribution in [3.8, 4) is 0 Å². The van der Waals surface area contributed by atoms with E-state index in [1.54, 1.807) is 0 Å². The van der Waals surface area contributed by atoms with Gasteiger partial charge in [0.05, 0.1) is 16.6 Å². The van der Waals surface area contributed by atoms with Crippen LogP contribution in [0.1, 0.15) is 6.92 Å². The van der Waals surface area contributed by atoms with Crippen LogP contribution < -0.4 is 5.32 Å². The lowest BCUT2D eigenvalue weighted by atomic mass is 10.2. The van der Waals surface area contributed by atoms with E-state index in [4.69, 9.17) is 5.11 Å². The lowest BCUT2D eigenvalue weighted by Crippen LogP contribution is -2.46. The topological polar surface area (TPSA) is 83.5 Å². The highest BCUT2D eigenvalue weighted by Gasteiger charge is 2.43. The molecule has 7 heteroatoms. The molecule has 0 saturated carbocycles. The fraction of sp³-hybridized carbons (Fsp3) is 0.300. The Bertz CT molecular complexity index is 584. The van der Waals surface area contributed by atoms with Crippen LogP contribution in [0.3, 0.4) is 0 Å². The van der Waals surface area contributed by atoms with Crippen LogP contribution >= 0.6 is 0 Å². The molecule has 0 fully saturated rings. The first kappa shape index (κ1) is 11.8. The van der Waals surface area contributed by atoms with Crippen molar-refractivity contribution in [1.82, 2.24) is 0 Å². The molecule has 2 unspecified atom stereocenters. The Labute approximate surface area is 97.2 Å². The van der Waals surface area contributed by atoms with E-state index in [1.807, 2.05) is 0 Å². The Balaban J connectivity index is 2.68. The first-order valence-corrected chi connectivity index (χ1v) is 6.41. The molecule has 92 valence electrons. The van der Waals surface area contributed by atoms with Crippen LogP contribution in [0.4, 0.5) is 10.1 Å². The predicted molar refractivity (Wildman–Crippen MR) is 58.1 cm³/mol. The molecule has 1 aromatic rings. The minimum Gasteiger partial charge on any atom is -0.480 e. The summed E-state index contributed by atoms with van der Waals surface area (Å²) in [6, 6.07) is 2.47. The lowest BCUT2D eigenvalue weighted by molar-refractivity contribution is -0.136. The molecule has 2 atom stereocenters. The molecule has 0 bridgehead atoms. The number of aliphatic carboxylic acids is 1. The average molecular weight is 259 g/mol. The van der Waals surface area contributed by atoms with Crippen molar-refractivity contribution in [3.63, 3.8) is 0 Å². The number of carboxylic acids is 1. The average Bonchev–Trinajstić information content (AvgIpc) is 2.18. The first-order valence-electron chi connectivity index (χ1n) is 4.87. The number of benzene rings is 1. The maximum Gasteiger partial charge on any atom is 0.324 e. The largest absolute Gasteiger partial charge is 0.480 e. The number of hydrogen-bond acceptors (Lipinski definition) is 4. The number of rotatable bonds is 1. The summed E-state index contributed by atoms with van der Waals surface area (Å²) in [4.78, 5) is 10.7. The summed E-state index contributed by atoms with van der Waals surface area (Å²) in [7, 11) is -4.06. The van der Waals surface area contributed by atoms with Gasteiger partial charge in [-0.1, -0.05) is 0 Å². The van der Waals surface area contributed by atoms with E-state index in [0.29, 0.717) is 0 Å². The van der Waals surface area contributed by atoms with Crippen LogP contribution in [0.2, 0.25) is 0 Å². The number of carbonyl (C=O) groups is 1. The van der Waals surface area contributed by atoms with Gasteiger partial charge in [-0.15, -0.1) is 0 Å². The van der Waals surface area contributed by atoms with Crippen molar-refractivity contribution >= 4 is 21.5 Å². The maximum atomic E-state index is 13.0. The maximum absolute atomic E-state index is 13.0. The second-order valence-corrected chi connectivity index (χ2v) is 5.92. The standard InChI is InChI=1S/C10H10FNO4S/c1-5-9(10(13)14)17(15,16)8-4-6(11)2-3-7(8)12-5/h2-5,9,12H,1H3,(H,13,14). The Kier molecular flexibility index (Phi) is 2.57. The van der Waals surface area contributed by atoms with Crippen molar-refractivity contribution in [2.24, 2.45) is 0 Å². The van der Waals surface area contributed by atoms with E-state index in [-0.39, 0.29) is 10.6 Å². The summed E-state index contributed by atoms with van der Waals surface area (Å²) in [5, 5.41) is 10.1. The van der Waals surface area contributed by atoms with Gasteiger partial charge in [-0.3, -0.25) is 4.79 Å². The van der Waals surface area contributed by atoms with E-state index in [9.17, 15) is 17.6 Å². The van der Waals surface area contributed by atoms with Gasteiger partial charge in [0, 0.05) is 0 Å². The van der Waals surface area contributed by atoms with Gasteiger partial charge in [-0.2, -0.15) is 0 Å². The van der Waals surface area contributed by atoms with Gasteiger partial charge in [-0.05, 0) is 25.1 Å². The van der Waals surface area contributed by atoms with Crippen molar-refractivity contribution in [2.45, 2.75) is 23.1 Å². The minimum atomic E-state index is -4.06. The summed E-state index contributed by atoms with van der Waals surface area (Å²) in [6.45, 7) is 1.46. The van der Waals surface area contributed by atoms with Crippen LogP contribution in [-0.2, 0) is 14.6 Å². The summed E-state index contributed by atoms with van der Waals surface area (Å²) in [5.74, 6) is -2.16. The molecule has 1 aromatic carbocycles. The molecule has 1 aliphatic rings. The molecule has 0 aliphatic carbocycles. The number of sulfone groups is 1. The monoisotopic (exact) mass is 259 g/mol. The molecule has 0 saturated heterocycles. The summed E-state index contributed by atoms with van der Waals surface area (Å²) in [6.07, 6.45) is 0. The molecule has 0 radical (unpaired) electrons. The van der Waals surface area contributed by atoms with Crippen LogP contribution in [0, 0.1) is 5.82 Å². The summed E-state index contributed by atoms with van der Waals surface area (Å²) < 4.78 is 37.1. The zero-order chi connectivity index (χ0) is 12.8. The van der Waals surface area contributed by atoms with Crippen LogP contribution in [0.25, 0.3) is 0 Å². The Morgan fingerprint density at radius 1 is 1.47 bits per heavy atom. The number of nitrogens with one attached hydrogen (secondary N) is 1. The molecule has 0 spiro atoms. The van der Waals surface area contributed by atoms with Gasteiger partial charge >= 0.3 is 5.97 Å². The van der Waals surface area contributed by atoms with Crippen molar-refractivity contribution in [3.05, 3.63) is 24.0 Å². The summed E-state index contributed by atoms with van der Waals surface area (Å²) in [5.41, 5.74) is 0.233. The van der Waals surface area contributed by atoms with Gasteiger partial charge in [0.1, 0.15) is 5.82 Å². The minimum absolute atomic E-state index is 0.233. The van der Waals surface area contributed by atoms with Gasteiger partial charge < -0.3 is 10.4 Å². The lowest BCUT2D eigenvalue weighted by Gasteiger charge is -2.29. The Hall–Kier alpha value is -1.63. The molecular weight excluding hydrogens is 249 g/mol. The van der Waals surface area contributed by atoms with Crippen molar-refractivity contribution in [1.29, 1.82) is 0 Å². The highest BCUT2D eigenvalue weighted by Crippen LogP contribution is 2.33. The molecule has 17 heavy (non-hydrogen) atoms. The van der Waals surface area contributed by atoms with Crippen LogP contribution in [0.15, 0.2) is 23.1 Å². The highest BCUT2D eigenvalue weighted by atomic mass is 32.2. The van der Waals surface area contributed by atoms with E-state index < -0.39 is 32.9 Å². The van der Waals surface area contributed by atoms with E-state index in [2.05, 4.69) is 5.32 Å². The molecule has 2 rings (SSSR count). The van der Waals surface area contributed by atoms with E-state index in [0.717, 1.165) is 12.1 Å². The predicted octanol–water partition coefficient (Wildman–Crippen LogP) is 0.867. The van der Waals surface area contributed by atoms with E-state index in [1.165, 1.54) is 13.0 Å². The highest BCUT2D eigenvalue weighted by molar-refractivity contribution is 7.93. The van der Waals surface area contributed by atoms with Crippen LogP contribution in [0.5, 0.6) is 0 Å². The van der Waals surface area contributed by atoms with E-state index >= 15 is 0 Å². The van der Waals surface area contributed by atoms with Gasteiger partial charge in [0.15, 0.2) is 15.1 Å². The van der Waals surface area contributed by atoms with Gasteiger partial charge in [0.25, 0.3) is 0 Å². The summed E-state index contributed by atoms with van der Waals surface area (Å²) >= 11 is 0. The molecule has 0 amide bonds. The number of halogens is 1. The molecule has 1 heterocycles. The SMILES string of the molecule is CC1Nc2ccc(F)cc2S(=O)(=O)C1C(=O)O. The fourth-order valence-electron chi connectivity index (χ4n) is 1.92. The second kappa shape index (κ2) is 3.69. The Morgan fingerprint density at radius 3 is 2.71 bits per heavy atom. The third kappa shape index (κ3) is 1.76. The molecule has 1 aliphatic heterocycles. The zero-order valence-corrected chi connectivity index (χ0v) is 9.66. The molecule has 0 aromatic heterocycles.